The molecule has 1 aromatic rings. The first-order valence-corrected chi connectivity index (χ1v) is 5.59. The van der Waals surface area contributed by atoms with Gasteiger partial charge in [-0.25, -0.2) is 0 Å². The largest absolute Gasteiger partial charge is 0.289 e. The number of ketones is 2. The molecule has 0 aromatic heterocycles. The monoisotopic (exact) mass is 294 g/mol. The summed E-state index contributed by atoms with van der Waals surface area (Å²) in [6.07, 6.45) is 2.24. The Morgan fingerprint density at radius 1 is 0.625 bits per heavy atom. The van der Waals surface area contributed by atoms with E-state index in [9.17, 15) is 9.59 Å². The molecule has 0 N–H and O–H groups in total. The lowest BCUT2D eigenvalue weighted by Gasteiger charge is -2.15. The van der Waals surface area contributed by atoms with Crippen LogP contribution in [0.3, 0.4) is 0 Å². The van der Waals surface area contributed by atoms with Crippen molar-refractivity contribution in [3.63, 3.8) is 0 Å². The number of fused-ring (bicyclic) bond motifs is 1. The fourth-order valence-electron chi connectivity index (χ4n) is 1.41. The lowest BCUT2D eigenvalue weighted by molar-refractivity contribution is 0.0994. The molecular weight excluding hydrogens is 294 g/mol. The minimum Gasteiger partial charge on any atom is -0.289 e. The van der Waals surface area contributed by atoms with E-state index in [0.29, 0.717) is 0 Å². The second-order valence-electron chi connectivity index (χ2n) is 3.07. The van der Waals surface area contributed by atoms with Gasteiger partial charge in [-0.05, 0) is 12.2 Å². The Morgan fingerprint density at radius 3 is 1.25 bits per heavy atom. The first-order valence-electron chi connectivity index (χ1n) is 4.07. The van der Waals surface area contributed by atoms with Gasteiger partial charge in [0.1, 0.15) is 0 Å². The Labute approximate surface area is 111 Å². The molecule has 6 heteroatoms. The summed E-state index contributed by atoms with van der Waals surface area (Å²) in [5.41, 5.74) is 0.0159. The summed E-state index contributed by atoms with van der Waals surface area (Å²) >= 11 is 23.3. The van der Waals surface area contributed by atoms with Crippen LogP contribution < -0.4 is 0 Å². The van der Waals surface area contributed by atoms with Gasteiger partial charge in [0.05, 0.1) is 31.2 Å². The second kappa shape index (κ2) is 4.04. The van der Waals surface area contributed by atoms with Gasteiger partial charge in [0.15, 0.2) is 11.6 Å². The molecule has 0 amide bonds. The smallest absolute Gasteiger partial charge is 0.188 e. The topological polar surface area (TPSA) is 34.1 Å². The van der Waals surface area contributed by atoms with Gasteiger partial charge in [-0.2, -0.15) is 0 Å². The van der Waals surface area contributed by atoms with E-state index >= 15 is 0 Å². The highest BCUT2D eigenvalue weighted by Crippen LogP contribution is 2.42. The summed E-state index contributed by atoms with van der Waals surface area (Å²) in [7, 11) is 0. The van der Waals surface area contributed by atoms with Crippen molar-refractivity contribution in [3.05, 3.63) is 43.4 Å². The van der Waals surface area contributed by atoms with E-state index in [4.69, 9.17) is 46.4 Å². The van der Waals surface area contributed by atoms with Crippen LogP contribution in [0, 0.1) is 0 Å². The number of allylic oxidation sites excluding steroid dienone is 2. The van der Waals surface area contributed by atoms with E-state index in [1.165, 1.54) is 0 Å². The van der Waals surface area contributed by atoms with Crippen molar-refractivity contribution >= 4 is 58.0 Å². The van der Waals surface area contributed by atoms with Crippen LogP contribution in [0.25, 0.3) is 0 Å². The van der Waals surface area contributed by atoms with Gasteiger partial charge in [-0.15, -0.1) is 0 Å². The Hall–Kier alpha value is -0.540. The third-order valence-electron chi connectivity index (χ3n) is 2.15. The van der Waals surface area contributed by atoms with Gasteiger partial charge in [-0.1, -0.05) is 46.4 Å². The van der Waals surface area contributed by atoms with Crippen LogP contribution in [0.4, 0.5) is 0 Å². The van der Waals surface area contributed by atoms with Crippen molar-refractivity contribution in [2.45, 2.75) is 0 Å². The molecule has 0 heterocycles. The van der Waals surface area contributed by atoms with Gasteiger partial charge in [0.25, 0.3) is 0 Å². The fourth-order valence-corrected chi connectivity index (χ4v) is 2.45. The normalized spacial score (nSPS) is 14.2. The van der Waals surface area contributed by atoms with Crippen LogP contribution in [-0.4, -0.2) is 11.6 Å². The van der Waals surface area contributed by atoms with Crippen LogP contribution in [0.1, 0.15) is 20.7 Å². The molecule has 0 aliphatic heterocycles. The van der Waals surface area contributed by atoms with E-state index in [1.54, 1.807) is 0 Å². The molecule has 0 fully saturated rings. The number of hydrogen-bond donors (Lipinski definition) is 0. The molecule has 0 spiro atoms. The standard InChI is InChI=1S/C10H2Cl4O2/c11-7-5-3(15)1-2-4(16)6(5)8(12)10(14)9(7)13/h1-2H. The number of rotatable bonds is 0. The minimum absolute atomic E-state index is 0.00793. The molecule has 2 nitrogen and oxygen atoms in total. The summed E-state index contributed by atoms with van der Waals surface area (Å²) in [6.45, 7) is 0. The number of benzene rings is 1. The molecular formula is C10H2Cl4O2. The molecule has 0 bridgehead atoms. The van der Waals surface area contributed by atoms with Gasteiger partial charge in [0.2, 0.25) is 0 Å². The van der Waals surface area contributed by atoms with Crippen molar-refractivity contribution < 1.29 is 9.59 Å². The van der Waals surface area contributed by atoms with Crippen LogP contribution in [0.15, 0.2) is 12.2 Å². The van der Waals surface area contributed by atoms with E-state index in [1.807, 2.05) is 0 Å². The summed E-state index contributed by atoms with van der Waals surface area (Å²) in [4.78, 5) is 23.2. The van der Waals surface area contributed by atoms with E-state index in [-0.39, 0.29) is 31.2 Å². The minimum atomic E-state index is -0.417. The van der Waals surface area contributed by atoms with Gasteiger partial charge < -0.3 is 0 Å². The second-order valence-corrected chi connectivity index (χ2v) is 4.58. The summed E-state index contributed by atoms with van der Waals surface area (Å²) in [6, 6.07) is 0. The van der Waals surface area contributed by atoms with E-state index < -0.39 is 11.6 Å². The van der Waals surface area contributed by atoms with Gasteiger partial charge >= 0.3 is 0 Å². The maximum Gasteiger partial charge on any atom is 0.188 e. The number of halogens is 4. The van der Waals surface area contributed by atoms with Crippen molar-refractivity contribution in [2.75, 3.05) is 0 Å². The third kappa shape index (κ3) is 1.57. The number of carbonyl (C=O) groups excluding carboxylic acids is 2. The summed E-state index contributed by atoms with van der Waals surface area (Å²) < 4.78 is 0. The quantitative estimate of drug-likeness (QED) is 0.530. The SMILES string of the molecule is O=C1C=CC(=O)c2c(Cl)c(Cl)c(Cl)c(Cl)c21. The van der Waals surface area contributed by atoms with E-state index in [0.717, 1.165) is 12.2 Å². The molecule has 16 heavy (non-hydrogen) atoms. The Bertz CT molecular complexity index is 512. The molecule has 0 radical (unpaired) electrons. The molecule has 0 saturated carbocycles. The molecule has 2 rings (SSSR count). The molecule has 1 aliphatic rings. The highest BCUT2D eigenvalue weighted by molar-refractivity contribution is 6.55. The Kier molecular flexibility index (Phi) is 3.01. The fraction of sp³-hybridized carbons (Fsp3) is 0. The van der Waals surface area contributed by atoms with Gasteiger partial charge in [-0.3, -0.25) is 9.59 Å². The van der Waals surface area contributed by atoms with Crippen molar-refractivity contribution in [1.82, 2.24) is 0 Å². The maximum atomic E-state index is 11.6. The van der Waals surface area contributed by atoms with Crippen LogP contribution >= 0.6 is 46.4 Å². The summed E-state index contributed by atoms with van der Waals surface area (Å²) in [5.74, 6) is -0.833. The molecule has 1 aromatic carbocycles. The molecule has 82 valence electrons. The summed E-state index contributed by atoms with van der Waals surface area (Å²) in [5, 5.41) is -0.144. The molecule has 1 aliphatic carbocycles. The lowest BCUT2D eigenvalue weighted by atomic mass is 9.94. The highest BCUT2D eigenvalue weighted by atomic mass is 35.5. The third-order valence-corrected chi connectivity index (χ3v) is 3.95. The number of hydrogen-bond acceptors (Lipinski definition) is 2. The van der Waals surface area contributed by atoms with Crippen LogP contribution in [-0.2, 0) is 0 Å². The predicted molar refractivity (Wildman–Crippen MR) is 64.3 cm³/mol. The molecule has 0 atom stereocenters. The first-order chi connectivity index (χ1) is 7.45. The zero-order chi connectivity index (χ0) is 12.0. The highest BCUT2D eigenvalue weighted by Gasteiger charge is 2.29. The number of carbonyl (C=O) groups is 2. The van der Waals surface area contributed by atoms with Crippen molar-refractivity contribution in [3.8, 4) is 0 Å². The molecule has 0 saturated heterocycles. The first kappa shape index (κ1) is 11.9. The average molecular weight is 296 g/mol. The van der Waals surface area contributed by atoms with Crippen molar-refractivity contribution in [2.24, 2.45) is 0 Å². The maximum absolute atomic E-state index is 11.6. The van der Waals surface area contributed by atoms with Gasteiger partial charge in [0, 0.05) is 0 Å². The molecule has 0 unspecified atom stereocenters. The average Bonchev–Trinajstić information content (AvgIpc) is 2.26. The Morgan fingerprint density at radius 2 is 0.938 bits per heavy atom. The predicted octanol–water partition coefficient (Wildman–Crippen LogP) is 4.24. The lowest BCUT2D eigenvalue weighted by Crippen LogP contribution is -2.13. The van der Waals surface area contributed by atoms with Crippen LogP contribution in [0.2, 0.25) is 20.1 Å². The Balaban J connectivity index is 2.94. The van der Waals surface area contributed by atoms with E-state index in [2.05, 4.69) is 0 Å². The van der Waals surface area contributed by atoms with Crippen molar-refractivity contribution in [1.29, 1.82) is 0 Å². The zero-order valence-corrected chi connectivity index (χ0v) is 10.5. The van der Waals surface area contributed by atoms with Crippen LogP contribution in [0.5, 0.6) is 0 Å². The zero-order valence-electron chi connectivity index (χ0n) is 7.48.